The molecule has 0 aliphatic carbocycles. The van der Waals surface area contributed by atoms with Gasteiger partial charge in [-0.2, -0.15) is 13.2 Å². The first-order valence-corrected chi connectivity index (χ1v) is 10.8. The number of hydrogen-bond donors (Lipinski definition) is 1. The van der Waals surface area contributed by atoms with Gasteiger partial charge in [-0.3, -0.25) is 9.59 Å². The van der Waals surface area contributed by atoms with Crippen molar-refractivity contribution in [3.05, 3.63) is 0 Å². The second kappa shape index (κ2) is 11.4. The molecule has 2 amide bonds. The summed E-state index contributed by atoms with van der Waals surface area (Å²) in [6.07, 6.45) is -3.73. The number of likely N-dealkylation sites (tertiary alicyclic amines) is 2. The molecular weight excluding hydrogens is 451 g/mol. The first-order chi connectivity index (χ1) is 15.5. The van der Waals surface area contributed by atoms with Crippen molar-refractivity contribution in [2.45, 2.75) is 63.7 Å². The average molecular weight is 479 g/mol. The molecule has 0 aromatic carbocycles. The Bertz CT molecular complexity index is 774. The number of hydrogen-bond acceptors (Lipinski definition) is 7. The van der Waals surface area contributed by atoms with Crippen LogP contribution in [0.4, 0.5) is 13.2 Å². The lowest BCUT2D eigenvalue weighted by Gasteiger charge is -2.26. The van der Waals surface area contributed by atoms with Gasteiger partial charge in [0.05, 0.1) is 0 Å². The summed E-state index contributed by atoms with van der Waals surface area (Å²) in [5.41, 5.74) is 0. The SMILES string of the molecule is CCN(CCC(=O)N1CCC[C@@H]1C(=O)O)CCC(=O)N1CCC[C@@H]1C(=O)OC(=O)C(F)(F)F. The van der Waals surface area contributed by atoms with E-state index in [-0.39, 0.29) is 38.3 Å². The number of halogens is 3. The third-order valence-corrected chi connectivity index (χ3v) is 5.86. The van der Waals surface area contributed by atoms with Gasteiger partial charge in [0.25, 0.3) is 0 Å². The molecule has 2 aliphatic rings. The van der Waals surface area contributed by atoms with Crippen LogP contribution in [0.1, 0.15) is 45.4 Å². The number of nitrogens with zero attached hydrogens (tertiary/aromatic N) is 3. The Balaban J connectivity index is 1.83. The van der Waals surface area contributed by atoms with Gasteiger partial charge in [-0.1, -0.05) is 6.92 Å². The van der Waals surface area contributed by atoms with Crippen molar-refractivity contribution in [2.24, 2.45) is 0 Å². The van der Waals surface area contributed by atoms with E-state index in [1.165, 1.54) is 4.90 Å². The predicted molar refractivity (Wildman–Crippen MR) is 106 cm³/mol. The normalized spacial score (nSPS) is 20.9. The number of carbonyl (C=O) groups is 5. The fraction of sp³-hybridized carbons (Fsp3) is 0.750. The molecule has 2 fully saturated rings. The van der Waals surface area contributed by atoms with Crippen molar-refractivity contribution in [1.82, 2.24) is 14.7 Å². The number of rotatable bonds is 9. The quantitative estimate of drug-likeness (QED) is 0.380. The number of ether oxygens (including phenoxy) is 1. The molecule has 0 radical (unpaired) electrons. The molecule has 10 nitrogen and oxygen atoms in total. The van der Waals surface area contributed by atoms with Crippen LogP contribution in [-0.4, -0.2) is 101 Å². The number of aliphatic carboxylic acids is 1. The van der Waals surface area contributed by atoms with Gasteiger partial charge < -0.3 is 24.5 Å². The van der Waals surface area contributed by atoms with Crippen molar-refractivity contribution in [2.75, 3.05) is 32.7 Å². The topological polar surface area (TPSA) is 125 Å². The minimum atomic E-state index is -5.30. The second-order valence-electron chi connectivity index (χ2n) is 7.97. The summed E-state index contributed by atoms with van der Waals surface area (Å²) >= 11 is 0. The van der Waals surface area contributed by atoms with E-state index in [1.54, 1.807) is 0 Å². The number of esters is 2. The first-order valence-electron chi connectivity index (χ1n) is 10.8. The van der Waals surface area contributed by atoms with E-state index in [0.717, 1.165) is 4.90 Å². The van der Waals surface area contributed by atoms with E-state index in [9.17, 15) is 42.3 Å². The number of carboxylic acid groups (broad SMARTS) is 1. The Kier molecular flexibility index (Phi) is 9.20. The highest BCUT2D eigenvalue weighted by Gasteiger charge is 2.45. The zero-order chi connectivity index (χ0) is 24.8. The molecule has 2 atom stereocenters. The van der Waals surface area contributed by atoms with Crippen LogP contribution < -0.4 is 0 Å². The van der Waals surface area contributed by atoms with Crippen LogP contribution in [0.15, 0.2) is 0 Å². The molecule has 2 saturated heterocycles. The van der Waals surface area contributed by atoms with Crippen molar-refractivity contribution in [3.8, 4) is 0 Å². The van der Waals surface area contributed by atoms with Crippen LogP contribution >= 0.6 is 0 Å². The van der Waals surface area contributed by atoms with Gasteiger partial charge in [-0.25, -0.2) is 14.4 Å². The van der Waals surface area contributed by atoms with E-state index < -0.39 is 42.1 Å². The highest BCUT2D eigenvalue weighted by molar-refractivity contribution is 5.93. The standard InChI is InChI=1S/C20H28F3N3O7/c1-2-24(11-7-15(27)25-9-3-5-13(25)17(29)30)12-8-16(28)26-10-4-6-14(26)18(31)33-19(32)20(21,22)23/h13-14H,2-12H2,1H3,(H,29,30)/t13-,14-/m1/s1. The van der Waals surface area contributed by atoms with Gasteiger partial charge in [0.2, 0.25) is 11.8 Å². The third-order valence-electron chi connectivity index (χ3n) is 5.86. The Morgan fingerprint density at radius 3 is 1.88 bits per heavy atom. The van der Waals surface area contributed by atoms with Gasteiger partial charge >= 0.3 is 24.1 Å². The monoisotopic (exact) mass is 479 g/mol. The van der Waals surface area contributed by atoms with E-state index >= 15 is 0 Å². The molecule has 0 aromatic heterocycles. The molecule has 1 N–H and O–H groups in total. The summed E-state index contributed by atoms with van der Waals surface area (Å²) in [7, 11) is 0. The fourth-order valence-electron chi connectivity index (χ4n) is 4.07. The third kappa shape index (κ3) is 7.14. The van der Waals surface area contributed by atoms with Crippen LogP contribution in [0.2, 0.25) is 0 Å². The molecule has 0 saturated carbocycles. The number of amides is 2. The van der Waals surface area contributed by atoms with E-state index in [1.807, 2.05) is 11.8 Å². The minimum absolute atomic E-state index is 0.0412. The average Bonchev–Trinajstić information content (AvgIpc) is 3.42. The molecule has 13 heteroatoms. The minimum Gasteiger partial charge on any atom is -0.480 e. The lowest BCUT2D eigenvalue weighted by molar-refractivity contribution is -0.203. The van der Waals surface area contributed by atoms with Crippen LogP contribution in [0.5, 0.6) is 0 Å². The van der Waals surface area contributed by atoms with Crippen molar-refractivity contribution >= 4 is 29.7 Å². The largest absolute Gasteiger partial charge is 0.491 e. The smallest absolute Gasteiger partial charge is 0.480 e. The van der Waals surface area contributed by atoms with Crippen molar-refractivity contribution < 1.29 is 47.0 Å². The molecule has 2 heterocycles. The summed E-state index contributed by atoms with van der Waals surface area (Å²) in [4.78, 5) is 63.4. The number of alkyl halides is 3. The van der Waals surface area contributed by atoms with E-state index in [4.69, 9.17) is 0 Å². The Morgan fingerprint density at radius 2 is 1.42 bits per heavy atom. The molecule has 186 valence electrons. The van der Waals surface area contributed by atoms with Crippen LogP contribution in [0.3, 0.4) is 0 Å². The first kappa shape index (κ1) is 26.6. The molecule has 0 unspecified atom stereocenters. The van der Waals surface area contributed by atoms with Gasteiger partial charge in [0.1, 0.15) is 12.1 Å². The van der Waals surface area contributed by atoms with E-state index in [0.29, 0.717) is 38.9 Å². The van der Waals surface area contributed by atoms with Crippen molar-refractivity contribution in [1.29, 1.82) is 0 Å². The summed E-state index contributed by atoms with van der Waals surface area (Å²) < 4.78 is 40.8. The van der Waals surface area contributed by atoms with Gasteiger partial charge in [0, 0.05) is 39.0 Å². The van der Waals surface area contributed by atoms with Gasteiger partial charge in [-0.05, 0) is 32.2 Å². The second-order valence-corrected chi connectivity index (χ2v) is 7.97. The Hall–Kier alpha value is -2.70. The van der Waals surface area contributed by atoms with Gasteiger partial charge in [0.15, 0.2) is 0 Å². The summed E-state index contributed by atoms with van der Waals surface area (Å²) in [6, 6.07) is -2.06. The Labute approximate surface area is 188 Å². The maximum atomic E-state index is 12.6. The zero-order valence-electron chi connectivity index (χ0n) is 18.3. The maximum absolute atomic E-state index is 12.6. The molecule has 2 rings (SSSR count). The summed E-state index contributed by atoms with van der Waals surface area (Å²) in [5.74, 6) is -5.79. The van der Waals surface area contributed by atoms with Gasteiger partial charge in [-0.15, -0.1) is 0 Å². The molecule has 0 spiro atoms. The molecule has 0 aromatic rings. The predicted octanol–water partition coefficient (Wildman–Crippen LogP) is 0.787. The Morgan fingerprint density at radius 1 is 0.939 bits per heavy atom. The van der Waals surface area contributed by atoms with Crippen LogP contribution in [0, 0.1) is 0 Å². The van der Waals surface area contributed by atoms with Crippen LogP contribution in [0.25, 0.3) is 0 Å². The van der Waals surface area contributed by atoms with E-state index in [2.05, 4.69) is 4.74 Å². The molecule has 33 heavy (non-hydrogen) atoms. The zero-order valence-corrected chi connectivity index (χ0v) is 18.3. The molecule has 2 aliphatic heterocycles. The lowest BCUT2D eigenvalue weighted by Crippen LogP contribution is -2.44. The summed E-state index contributed by atoms with van der Waals surface area (Å²) in [5, 5.41) is 9.20. The highest BCUT2D eigenvalue weighted by atomic mass is 19.4. The fourth-order valence-corrected chi connectivity index (χ4v) is 4.07. The molecule has 0 bridgehead atoms. The lowest BCUT2D eigenvalue weighted by atomic mass is 10.2. The molecular formula is C20H28F3N3O7. The maximum Gasteiger partial charge on any atom is 0.491 e. The number of carbonyl (C=O) groups excluding carboxylic acids is 4. The van der Waals surface area contributed by atoms with Crippen LogP contribution in [-0.2, 0) is 28.7 Å². The highest BCUT2D eigenvalue weighted by Crippen LogP contribution is 2.23. The number of carboxylic acids is 1. The summed E-state index contributed by atoms with van der Waals surface area (Å²) in [6.45, 7) is 3.43. The van der Waals surface area contributed by atoms with Crippen molar-refractivity contribution in [3.63, 3.8) is 0 Å².